The molecule has 0 aliphatic carbocycles. The normalized spacial score (nSPS) is 10.6. The first kappa shape index (κ1) is 14.1. The highest BCUT2D eigenvalue weighted by molar-refractivity contribution is 14.1. The first-order valence-corrected chi connectivity index (χ1v) is 7.37. The number of aryl methyl sites for hydroxylation is 1. The number of hydrogen-bond donors (Lipinski definition) is 2. The zero-order chi connectivity index (χ0) is 14.0. The van der Waals surface area contributed by atoms with Crippen LogP contribution in [-0.2, 0) is 4.79 Å². The summed E-state index contributed by atoms with van der Waals surface area (Å²) < 4.78 is 2.37. The molecule has 0 spiro atoms. The van der Waals surface area contributed by atoms with Crippen molar-refractivity contribution in [2.24, 2.45) is 0 Å². The van der Waals surface area contributed by atoms with Crippen molar-refractivity contribution in [3.8, 4) is 11.4 Å². The Bertz CT molecular complexity index is 629. The SMILES string of the molecule is Cc1cccc(-c2nnc(SCC(=O)O)n2N)c1I. The van der Waals surface area contributed by atoms with Gasteiger partial charge in [-0.05, 0) is 35.1 Å². The minimum Gasteiger partial charge on any atom is -0.481 e. The maximum Gasteiger partial charge on any atom is 0.313 e. The topological polar surface area (TPSA) is 94.0 Å². The third-order valence-corrected chi connectivity index (χ3v) is 4.78. The van der Waals surface area contributed by atoms with E-state index in [9.17, 15) is 4.79 Å². The Balaban J connectivity index is 2.36. The minimum atomic E-state index is -0.917. The molecular formula is C11H11IN4O2S. The van der Waals surface area contributed by atoms with Crippen molar-refractivity contribution in [1.29, 1.82) is 0 Å². The van der Waals surface area contributed by atoms with Gasteiger partial charge in [0.25, 0.3) is 0 Å². The van der Waals surface area contributed by atoms with Crippen molar-refractivity contribution in [3.05, 3.63) is 27.3 Å². The zero-order valence-corrected chi connectivity index (χ0v) is 13.0. The lowest BCUT2D eigenvalue weighted by molar-refractivity contribution is -0.133. The van der Waals surface area contributed by atoms with E-state index in [1.807, 2.05) is 25.1 Å². The molecule has 0 aliphatic heterocycles. The number of nitrogen functional groups attached to an aromatic ring is 1. The number of aromatic nitrogens is 3. The maximum atomic E-state index is 10.5. The maximum absolute atomic E-state index is 10.5. The molecule has 1 aromatic carbocycles. The van der Waals surface area contributed by atoms with E-state index in [-0.39, 0.29) is 5.75 Å². The third kappa shape index (κ3) is 3.00. The van der Waals surface area contributed by atoms with Crippen molar-refractivity contribution >= 4 is 40.3 Å². The number of rotatable bonds is 4. The van der Waals surface area contributed by atoms with Gasteiger partial charge in [0.05, 0.1) is 5.75 Å². The van der Waals surface area contributed by atoms with Crippen LogP contribution in [0.3, 0.4) is 0 Å². The molecule has 3 N–H and O–H groups in total. The summed E-state index contributed by atoms with van der Waals surface area (Å²) in [5.74, 6) is 5.43. The molecule has 0 bridgehead atoms. The van der Waals surface area contributed by atoms with E-state index < -0.39 is 5.97 Å². The average Bonchev–Trinajstić information content (AvgIpc) is 2.72. The van der Waals surface area contributed by atoms with Crippen LogP contribution >= 0.6 is 34.4 Å². The van der Waals surface area contributed by atoms with E-state index >= 15 is 0 Å². The van der Waals surface area contributed by atoms with Crippen LogP contribution in [0, 0.1) is 10.5 Å². The molecule has 8 heteroatoms. The monoisotopic (exact) mass is 390 g/mol. The molecule has 100 valence electrons. The number of halogens is 1. The van der Waals surface area contributed by atoms with Crippen LogP contribution in [0.5, 0.6) is 0 Å². The van der Waals surface area contributed by atoms with Gasteiger partial charge in [-0.3, -0.25) is 4.79 Å². The second-order valence-electron chi connectivity index (χ2n) is 3.80. The summed E-state index contributed by atoms with van der Waals surface area (Å²) >= 11 is 3.27. The third-order valence-electron chi connectivity index (χ3n) is 2.42. The van der Waals surface area contributed by atoms with Gasteiger partial charge in [-0.2, -0.15) is 0 Å². The molecule has 19 heavy (non-hydrogen) atoms. The van der Waals surface area contributed by atoms with Gasteiger partial charge in [0.1, 0.15) is 0 Å². The quantitative estimate of drug-likeness (QED) is 0.469. The number of carbonyl (C=O) groups is 1. The molecule has 0 saturated carbocycles. The lowest BCUT2D eigenvalue weighted by Crippen LogP contribution is -2.13. The molecule has 0 atom stereocenters. The summed E-state index contributed by atoms with van der Waals surface area (Å²) in [4.78, 5) is 10.5. The molecule has 0 unspecified atom stereocenters. The second-order valence-corrected chi connectivity index (χ2v) is 5.82. The van der Waals surface area contributed by atoms with E-state index in [0.717, 1.165) is 26.5 Å². The first-order chi connectivity index (χ1) is 9.00. The van der Waals surface area contributed by atoms with E-state index in [1.165, 1.54) is 4.68 Å². The van der Waals surface area contributed by atoms with E-state index in [2.05, 4.69) is 32.8 Å². The molecule has 0 fully saturated rings. The molecule has 0 saturated heterocycles. The molecule has 0 amide bonds. The Hall–Kier alpha value is -1.29. The first-order valence-electron chi connectivity index (χ1n) is 5.31. The fourth-order valence-electron chi connectivity index (χ4n) is 1.51. The fourth-order valence-corrected chi connectivity index (χ4v) is 2.68. The van der Waals surface area contributed by atoms with Gasteiger partial charge in [-0.1, -0.05) is 30.0 Å². The fraction of sp³-hybridized carbons (Fsp3) is 0.182. The van der Waals surface area contributed by atoms with Crippen LogP contribution in [0.1, 0.15) is 5.56 Å². The van der Waals surface area contributed by atoms with Crippen molar-refractivity contribution < 1.29 is 9.90 Å². The van der Waals surface area contributed by atoms with Gasteiger partial charge in [-0.15, -0.1) is 10.2 Å². The van der Waals surface area contributed by atoms with Crippen LogP contribution in [0.15, 0.2) is 23.4 Å². The van der Waals surface area contributed by atoms with Crippen LogP contribution in [0.2, 0.25) is 0 Å². The summed E-state index contributed by atoms with van der Waals surface area (Å²) in [6.45, 7) is 2.00. The summed E-state index contributed by atoms with van der Waals surface area (Å²) in [6, 6.07) is 5.84. The highest BCUT2D eigenvalue weighted by Crippen LogP contribution is 2.27. The molecular weight excluding hydrogens is 379 g/mol. The lowest BCUT2D eigenvalue weighted by Gasteiger charge is -2.06. The zero-order valence-electron chi connectivity index (χ0n) is 10.00. The molecule has 1 aromatic heterocycles. The highest BCUT2D eigenvalue weighted by atomic mass is 127. The standard InChI is InChI=1S/C11H11IN4O2S/c1-6-3-2-4-7(9(6)12)10-14-15-11(16(10)13)19-5-8(17)18/h2-4H,5,13H2,1H3,(H,17,18). The Morgan fingerprint density at radius 2 is 2.26 bits per heavy atom. The van der Waals surface area contributed by atoms with E-state index in [1.54, 1.807) is 0 Å². The highest BCUT2D eigenvalue weighted by Gasteiger charge is 2.15. The Labute approximate surface area is 127 Å². The van der Waals surface area contributed by atoms with Crippen molar-refractivity contribution in [2.75, 3.05) is 11.6 Å². The number of benzene rings is 1. The molecule has 0 radical (unpaired) electrons. The van der Waals surface area contributed by atoms with Gasteiger partial charge in [0.15, 0.2) is 5.82 Å². The largest absolute Gasteiger partial charge is 0.481 e. The van der Waals surface area contributed by atoms with Crippen molar-refractivity contribution in [2.45, 2.75) is 12.1 Å². The Morgan fingerprint density at radius 1 is 1.53 bits per heavy atom. The van der Waals surface area contributed by atoms with Gasteiger partial charge in [-0.25, -0.2) is 4.68 Å². The molecule has 1 heterocycles. The van der Waals surface area contributed by atoms with Crippen LogP contribution in [-0.4, -0.2) is 31.7 Å². The van der Waals surface area contributed by atoms with Gasteiger partial charge in [0, 0.05) is 9.13 Å². The van der Waals surface area contributed by atoms with Crippen LogP contribution < -0.4 is 5.84 Å². The number of nitrogens with zero attached hydrogens (tertiary/aromatic N) is 3. The minimum absolute atomic E-state index is 0.0970. The van der Waals surface area contributed by atoms with Gasteiger partial charge in [0.2, 0.25) is 5.16 Å². The average molecular weight is 390 g/mol. The predicted octanol–water partition coefficient (Wildman–Crippen LogP) is 1.75. The number of carboxylic acids is 1. The van der Waals surface area contributed by atoms with Crippen molar-refractivity contribution in [1.82, 2.24) is 14.9 Å². The predicted molar refractivity (Wildman–Crippen MR) is 81.4 cm³/mol. The van der Waals surface area contributed by atoms with E-state index in [0.29, 0.717) is 11.0 Å². The summed E-state index contributed by atoms with van der Waals surface area (Å²) in [7, 11) is 0. The number of hydrogen-bond acceptors (Lipinski definition) is 5. The van der Waals surface area contributed by atoms with Crippen LogP contribution in [0.25, 0.3) is 11.4 Å². The summed E-state index contributed by atoms with van der Waals surface area (Å²) in [5.41, 5.74) is 2.01. The van der Waals surface area contributed by atoms with Crippen LogP contribution in [0.4, 0.5) is 0 Å². The number of thioether (sulfide) groups is 1. The summed E-state index contributed by atoms with van der Waals surface area (Å²) in [5, 5.41) is 17.0. The molecule has 6 nitrogen and oxygen atoms in total. The second kappa shape index (κ2) is 5.78. The number of nitrogens with two attached hydrogens (primary N) is 1. The van der Waals surface area contributed by atoms with Gasteiger partial charge < -0.3 is 10.9 Å². The summed E-state index contributed by atoms with van der Waals surface area (Å²) in [6.07, 6.45) is 0. The Morgan fingerprint density at radius 3 is 2.95 bits per heavy atom. The molecule has 2 rings (SSSR count). The molecule has 2 aromatic rings. The van der Waals surface area contributed by atoms with Gasteiger partial charge >= 0.3 is 5.97 Å². The molecule has 0 aliphatic rings. The number of aliphatic carboxylic acids is 1. The smallest absolute Gasteiger partial charge is 0.313 e. The lowest BCUT2D eigenvalue weighted by atomic mass is 10.1. The number of carboxylic acid groups (broad SMARTS) is 1. The van der Waals surface area contributed by atoms with E-state index in [4.69, 9.17) is 10.9 Å². The van der Waals surface area contributed by atoms with Crippen molar-refractivity contribution in [3.63, 3.8) is 0 Å². The Kier molecular flexibility index (Phi) is 4.30.